The van der Waals surface area contributed by atoms with Crippen molar-refractivity contribution in [1.29, 1.82) is 0 Å². The van der Waals surface area contributed by atoms with Crippen LogP contribution in [0.2, 0.25) is 0 Å². The zero-order valence-corrected chi connectivity index (χ0v) is 24.6. The Labute approximate surface area is 255 Å². The van der Waals surface area contributed by atoms with E-state index in [4.69, 9.17) is 18.3 Å². The molecule has 0 unspecified atom stereocenters. The van der Waals surface area contributed by atoms with Crippen molar-refractivity contribution in [2.45, 2.75) is 13.1 Å². The molecule has 5 rings (SSSR count). The molecule has 10 nitrogen and oxygen atoms in total. The number of furan rings is 2. The highest BCUT2D eigenvalue weighted by molar-refractivity contribution is 6.07. The number of hydrogen-bond donors (Lipinski definition) is 2. The van der Waals surface area contributed by atoms with E-state index in [0.29, 0.717) is 73.0 Å². The van der Waals surface area contributed by atoms with Crippen LogP contribution in [0.5, 0.6) is 23.0 Å². The van der Waals surface area contributed by atoms with Gasteiger partial charge in [0.15, 0.2) is 34.6 Å². The Morgan fingerprint density at radius 1 is 0.727 bits per heavy atom. The molecule has 1 fully saturated rings. The smallest absolute Gasteiger partial charge is 0.186 e. The van der Waals surface area contributed by atoms with E-state index in [1.54, 1.807) is 48.6 Å². The van der Waals surface area contributed by atoms with Crippen LogP contribution < -0.4 is 9.47 Å². The van der Waals surface area contributed by atoms with Crippen molar-refractivity contribution in [1.82, 2.24) is 9.80 Å². The average molecular weight is 599 g/mol. The molecule has 0 bridgehead atoms. The predicted octanol–water partition coefficient (Wildman–Crippen LogP) is 5.41. The van der Waals surface area contributed by atoms with Gasteiger partial charge >= 0.3 is 0 Å². The zero-order chi connectivity index (χ0) is 31.1. The lowest BCUT2D eigenvalue weighted by atomic mass is 10.0. The molecule has 1 saturated heterocycles. The number of phenolic OH excluding ortho intramolecular Hbond substituents is 2. The number of ether oxygens (including phenoxy) is 2. The van der Waals surface area contributed by atoms with Crippen LogP contribution >= 0.6 is 0 Å². The Morgan fingerprint density at radius 2 is 1.14 bits per heavy atom. The summed E-state index contributed by atoms with van der Waals surface area (Å²) in [7, 11) is 2.90. The molecule has 0 radical (unpaired) electrons. The first-order valence-electron chi connectivity index (χ1n) is 14.1. The van der Waals surface area contributed by atoms with E-state index in [9.17, 15) is 19.8 Å². The molecule has 0 atom stereocenters. The van der Waals surface area contributed by atoms with Crippen molar-refractivity contribution in [3.05, 3.63) is 107 Å². The van der Waals surface area contributed by atoms with E-state index >= 15 is 0 Å². The number of phenols is 2. The van der Waals surface area contributed by atoms with E-state index < -0.39 is 0 Å². The van der Waals surface area contributed by atoms with E-state index in [1.165, 1.54) is 51.0 Å². The van der Waals surface area contributed by atoms with Crippen LogP contribution in [0, 0.1) is 0 Å². The van der Waals surface area contributed by atoms with E-state index in [0.717, 1.165) is 0 Å². The summed E-state index contributed by atoms with van der Waals surface area (Å²) in [6.45, 7) is 3.57. The number of carbonyl (C=O) groups is 2. The minimum atomic E-state index is -0.238. The fourth-order valence-electron chi connectivity index (χ4n) is 5.04. The molecule has 2 N–H and O–H groups in total. The summed E-state index contributed by atoms with van der Waals surface area (Å²) in [5.74, 6) is 1.12. The molecule has 0 saturated carbocycles. The molecular weight excluding hydrogens is 564 g/mol. The second-order valence-corrected chi connectivity index (χ2v) is 10.4. The summed E-state index contributed by atoms with van der Waals surface area (Å²) >= 11 is 0. The van der Waals surface area contributed by atoms with E-state index in [1.807, 2.05) is 0 Å². The number of nitrogens with zero attached hydrogens (tertiary/aromatic N) is 2. The lowest BCUT2D eigenvalue weighted by Gasteiger charge is -2.35. The molecule has 1 aliphatic rings. The molecule has 4 aromatic rings. The molecule has 2 aromatic carbocycles. The van der Waals surface area contributed by atoms with Crippen molar-refractivity contribution in [2.75, 3.05) is 40.4 Å². The number of hydrogen-bond acceptors (Lipinski definition) is 10. The Morgan fingerprint density at radius 3 is 1.48 bits per heavy atom. The molecular formula is C34H34N2O8. The molecule has 3 heterocycles. The third-order valence-electron chi connectivity index (χ3n) is 7.45. The first kappa shape index (κ1) is 30.4. The lowest BCUT2D eigenvalue weighted by molar-refractivity contribution is 0.103. The minimum absolute atomic E-state index is 0.00101. The predicted molar refractivity (Wildman–Crippen MR) is 164 cm³/mol. The molecule has 2 aromatic heterocycles. The molecule has 0 amide bonds. The van der Waals surface area contributed by atoms with Gasteiger partial charge in [-0.1, -0.05) is 0 Å². The maximum atomic E-state index is 12.9. The van der Waals surface area contributed by atoms with Crippen LogP contribution in [-0.4, -0.2) is 72.0 Å². The third kappa shape index (κ3) is 7.28. The zero-order valence-electron chi connectivity index (χ0n) is 24.6. The normalized spacial score (nSPS) is 14.4. The summed E-state index contributed by atoms with van der Waals surface area (Å²) in [5, 5.41) is 21.6. The van der Waals surface area contributed by atoms with Crippen LogP contribution in [0.3, 0.4) is 0 Å². The van der Waals surface area contributed by atoms with E-state index in [-0.39, 0.29) is 34.6 Å². The van der Waals surface area contributed by atoms with Gasteiger partial charge < -0.3 is 28.5 Å². The van der Waals surface area contributed by atoms with Crippen LogP contribution in [0.15, 0.2) is 82.0 Å². The largest absolute Gasteiger partial charge is 0.504 e. The maximum Gasteiger partial charge on any atom is 0.186 e. The number of ketones is 2. The first-order chi connectivity index (χ1) is 21.3. The standard InChI is InChI=1S/C34H34N2O8/c1-41-31-19-23(29(37)9-7-27-5-3-15-43-27)17-25(33(31)39)21-35-11-13-36(14-12-35)22-26-18-24(20-32(42-2)34(26)40)30(38)10-8-28-6-4-16-44-28/h3-10,15-20,39-40H,11-14,21-22H2,1-2H3/b9-7+,10-8+. The monoisotopic (exact) mass is 598 g/mol. The highest BCUT2D eigenvalue weighted by Gasteiger charge is 2.23. The van der Waals surface area contributed by atoms with Gasteiger partial charge in [-0.3, -0.25) is 19.4 Å². The number of benzene rings is 2. The van der Waals surface area contributed by atoms with Gasteiger partial charge in [0, 0.05) is 61.5 Å². The van der Waals surface area contributed by atoms with Crippen LogP contribution in [0.1, 0.15) is 43.4 Å². The summed E-state index contributed by atoms with van der Waals surface area (Å²) in [6.07, 6.45) is 9.11. The Balaban J connectivity index is 1.24. The van der Waals surface area contributed by atoms with Gasteiger partial charge in [-0.25, -0.2) is 0 Å². The first-order valence-corrected chi connectivity index (χ1v) is 14.1. The van der Waals surface area contributed by atoms with Crippen molar-refractivity contribution in [2.24, 2.45) is 0 Å². The second kappa shape index (κ2) is 13.9. The van der Waals surface area contributed by atoms with Gasteiger partial charge in [0.05, 0.1) is 26.7 Å². The van der Waals surface area contributed by atoms with Gasteiger partial charge in [-0.2, -0.15) is 0 Å². The van der Waals surface area contributed by atoms with Crippen molar-refractivity contribution < 1.29 is 38.1 Å². The number of aromatic hydroxyl groups is 2. The fourth-order valence-corrected chi connectivity index (χ4v) is 5.04. The van der Waals surface area contributed by atoms with Gasteiger partial charge in [-0.15, -0.1) is 0 Å². The molecule has 0 aliphatic carbocycles. The molecule has 10 heteroatoms. The fraction of sp³-hybridized carbons (Fsp3) is 0.235. The SMILES string of the molecule is COc1cc(C(=O)/C=C/c2ccco2)cc(CN2CCN(Cc3cc(C(=O)/C=C/c4ccco4)cc(OC)c3O)CC2)c1O. The number of methoxy groups -OCH3 is 2. The highest BCUT2D eigenvalue weighted by atomic mass is 16.5. The summed E-state index contributed by atoms with van der Waals surface area (Å²) < 4.78 is 21.2. The summed E-state index contributed by atoms with van der Waals surface area (Å²) in [6, 6.07) is 13.4. The lowest BCUT2D eigenvalue weighted by Crippen LogP contribution is -2.45. The maximum absolute atomic E-state index is 12.9. The summed E-state index contributed by atoms with van der Waals surface area (Å²) in [4.78, 5) is 30.1. The minimum Gasteiger partial charge on any atom is -0.504 e. The average Bonchev–Trinajstić information content (AvgIpc) is 3.76. The molecule has 1 aliphatic heterocycles. The number of piperazine rings is 1. The van der Waals surface area contributed by atoms with Gasteiger partial charge in [0.1, 0.15) is 11.5 Å². The second-order valence-electron chi connectivity index (χ2n) is 10.4. The van der Waals surface area contributed by atoms with Crippen LogP contribution in [0.4, 0.5) is 0 Å². The molecule has 44 heavy (non-hydrogen) atoms. The van der Waals surface area contributed by atoms with Crippen molar-refractivity contribution in [3.63, 3.8) is 0 Å². The van der Waals surface area contributed by atoms with Crippen molar-refractivity contribution in [3.8, 4) is 23.0 Å². The van der Waals surface area contributed by atoms with Crippen molar-refractivity contribution >= 4 is 23.7 Å². The Kier molecular flexibility index (Phi) is 9.63. The Bertz CT molecular complexity index is 1520. The van der Waals surface area contributed by atoms with Gasteiger partial charge in [-0.05, 0) is 72.8 Å². The topological polar surface area (TPSA) is 126 Å². The van der Waals surface area contributed by atoms with Crippen LogP contribution in [0.25, 0.3) is 12.2 Å². The third-order valence-corrected chi connectivity index (χ3v) is 7.45. The number of rotatable bonds is 12. The summed E-state index contributed by atoms with van der Waals surface area (Å²) in [5.41, 5.74) is 1.97. The number of allylic oxidation sites excluding steroid dienone is 2. The van der Waals surface area contributed by atoms with Gasteiger partial charge in [0.25, 0.3) is 0 Å². The quantitative estimate of drug-likeness (QED) is 0.161. The van der Waals surface area contributed by atoms with Crippen LogP contribution in [-0.2, 0) is 13.1 Å². The molecule has 0 spiro atoms. The molecule has 228 valence electrons. The highest BCUT2D eigenvalue weighted by Crippen LogP contribution is 2.34. The van der Waals surface area contributed by atoms with Gasteiger partial charge in [0.2, 0.25) is 0 Å². The number of carbonyl (C=O) groups excluding carboxylic acids is 2. The Hall–Kier alpha value is -5.06. The van der Waals surface area contributed by atoms with E-state index in [2.05, 4.69) is 9.80 Å².